The van der Waals surface area contributed by atoms with Crippen molar-refractivity contribution in [3.8, 4) is 5.75 Å². The Morgan fingerprint density at radius 3 is 2.82 bits per heavy atom. The molecule has 1 aliphatic carbocycles. The summed E-state index contributed by atoms with van der Waals surface area (Å²) in [6.07, 6.45) is 1.11. The largest absolute Gasteiger partial charge is 0.489 e. The Labute approximate surface area is 108 Å². The van der Waals surface area contributed by atoms with Gasteiger partial charge in [-0.1, -0.05) is 6.92 Å². The second-order valence-corrected chi connectivity index (χ2v) is 5.44. The van der Waals surface area contributed by atoms with Crippen molar-refractivity contribution in [1.82, 2.24) is 0 Å². The molecule has 0 N–H and O–H groups in total. The van der Waals surface area contributed by atoms with Crippen LogP contribution in [-0.4, -0.2) is 11.9 Å². The van der Waals surface area contributed by atoms with Crippen LogP contribution in [0.4, 0.5) is 4.39 Å². The third kappa shape index (κ3) is 2.10. The molecule has 1 aromatic rings. The molecule has 2 atom stereocenters. The smallest absolute Gasteiger partial charge is 0.146 e. The van der Waals surface area contributed by atoms with Gasteiger partial charge in [0.25, 0.3) is 0 Å². The van der Waals surface area contributed by atoms with Crippen molar-refractivity contribution in [2.45, 2.75) is 32.8 Å². The van der Waals surface area contributed by atoms with Gasteiger partial charge in [0.05, 0.1) is 9.89 Å². The van der Waals surface area contributed by atoms with E-state index in [-0.39, 0.29) is 23.1 Å². The van der Waals surface area contributed by atoms with Crippen LogP contribution >= 0.6 is 15.9 Å². The molecule has 0 amide bonds. The molecule has 2 unspecified atom stereocenters. The fraction of sp³-hybridized carbons (Fsp3) is 0.462. The van der Waals surface area contributed by atoms with Crippen LogP contribution in [0.2, 0.25) is 0 Å². The Bertz CT molecular complexity index is 461. The number of ether oxygens (including phenoxy) is 1. The van der Waals surface area contributed by atoms with Crippen molar-refractivity contribution in [1.29, 1.82) is 0 Å². The highest BCUT2D eigenvalue weighted by Crippen LogP contribution is 2.42. The molecular formula is C13H14BrFO2. The fourth-order valence-electron chi connectivity index (χ4n) is 1.99. The van der Waals surface area contributed by atoms with Gasteiger partial charge in [0.15, 0.2) is 0 Å². The van der Waals surface area contributed by atoms with Crippen LogP contribution in [0, 0.1) is 11.2 Å². The number of carbonyl (C=O) groups excluding carboxylic acids is 1. The highest BCUT2D eigenvalue weighted by molar-refractivity contribution is 9.10. The lowest BCUT2D eigenvalue weighted by Crippen LogP contribution is -2.54. The van der Waals surface area contributed by atoms with E-state index in [2.05, 4.69) is 15.9 Å². The summed E-state index contributed by atoms with van der Waals surface area (Å²) in [4.78, 5) is 11.6. The summed E-state index contributed by atoms with van der Waals surface area (Å²) in [7, 11) is 0. The molecule has 1 saturated carbocycles. The molecule has 0 saturated heterocycles. The number of Topliss-reactive ketones (excluding diaryl/α,β-unsaturated/α-hetero) is 1. The zero-order valence-corrected chi connectivity index (χ0v) is 11.4. The summed E-state index contributed by atoms with van der Waals surface area (Å²) in [5, 5.41) is 0. The van der Waals surface area contributed by atoms with E-state index in [9.17, 15) is 9.18 Å². The number of carbonyl (C=O) groups is 1. The molecule has 1 aromatic carbocycles. The highest BCUT2D eigenvalue weighted by Gasteiger charge is 2.51. The summed E-state index contributed by atoms with van der Waals surface area (Å²) in [6.45, 7) is 3.90. The molecule has 0 radical (unpaired) electrons. The number of hydrogen-bond acceptors (Lipinski definition) is 2. The van der Waals surface area contributed by atoms with E-state index < -0.39 is 0 Å². The first-order valence-electron chi connectivity index (χ1n) is 5.62. The van der Waals surface area contributed by atoms with Gasteiger partial charge >= 0.3 is 0 Å². The highest BCUT2D eigenvalue weighted by atomic mass is 79.9. The molecular weight excluding hydrogens is 287 g/mol. The van der Waals surface area contributed by atoms with E-state index in [1.807, 2.05) is 13.8 Å². The molecule has 0 bridgehead atoms. The van der Waals surface area contributed by atoms with Crippen molar-refractivity contribution in [3.05, 3.63) is 28.5 Å². The van der Waals surface area contributed by atoms with Gasteiger partial charge in [0, 0.05) is 6.42 Å². The Morgan fingerprint density at radius 1 is 1.59 bits per heavy atom. The molecule has 17 heavy (non-hydrogen) atoms. The molecule has 0 heterocycles. The zero-order valence-electron chi connectivity index (χ0n) is 9.80. The third-order valence-electron chi connectivity index (χ3n) is 3.62. The summed E-state index contributed by atoms with van der Waals surface area (Å²) in [6, 6.07) is 4.52. The maximum atomic E-state index is 13.1. The first-order valence-corrected chi connectivity index (χ1v) is 6.41. The Balaban J connectivity index is 2.12. The van der Waals surface area contributed by atoms with Crippen LogP contribution in [0.3, 0.4) is 0 Å². The Morgan fingerprint density at radius 2 is 2.29 bits per heavy atom. The predicted molar refractivity (Wildman–Crippen MR) is 66.5 cm³/mol. The minimum absolute atomic E-state index is 0.0997. The molecule has 92 valence electrons. The van der Waals surface area contributed by atoms with Crippen molar-refractivity contribution in [3.63, 3.8) is 0 Å². The SMILES string of the molecule is CCC1(C)C(=O)CC1Oc1ccc(F)c(Br)c1. The second-order valence-electron chi connectivity index (χ2n) is 4.58. The topological polar surface area (TPSA) is 26.3 Å². The number of halogens is 2. The first-order chi connectivity index (χ1) is 7.97. The first kappa shape index (κ1) is 12.6. The van der Waals surface area contributed by atoms with E-state index >= 15 is 0 Å². The van der Waals surface area contributed by atoms with E-state index in [4.69, 9.17) is 4.74 Å². The monoisotopic (exact) mass is 300 g/mol. The van der Waals surface area contributed by atoms with Crippen molar-refractivity contribution < 1.29 is 13.9 Å². The summed E-state index contributed by atoms with van der Waals surface area (Å²) >= 11 is 3.11. The van der Waals surface area contributed by atoms with Crippen molar-refractivity contribution >= 4 is 21.7 Å². The molecule has 0 aliphatic heterocycles. The lowest BCUT2D eigenvalue weighted by molar-refractivity contribution is -0.150. The number of benzene rings is 1. The fourth-order valence-corrected chi connectivity index (χ4v) is 2.34. The minimum atomic E-state index is -0.388. The minimum Gasteiger partial charge on any atom is -0.489 e. The van der Waals surface area contributed by atoms with Gasteiger partial charge in [-0.3, -0.25) is 4.79 Å². The van der Waals surface area contributed by atoms with Crippen molar-refractivity contribution in [2.75, 3.05) is 0 Å². The molecule has 1 fully saturated rings. The number of hydrogen-bond donors (Lipinski definition) is 0. The standard InChI is InChI=1S/C13H14BrFO2/c1-3-13(2)11(16)7-12(13)17-8-4-5-10(15)9(14)6-8/h4-6,12H,3,7H2,1-2H3. The van der Waals surface area contributed by atoms with Crippen LogP contribution in [0.25, 0.3) is 0 Å². The Kier molecular flexibility index (Phi) is 3.25. The van der Waals surface area contributed by atoms with Crippen LogP contribution in [0.5, 0.6) is 5.75 Å². The summed E-state index contributed by atoms with van der Waals surface area (Å²) in [5.41, 5.74) is -0.388. The number of ketones is 1. The molecule has 1 aliphatic rings. The molecule has 2 rings (SSSR count). The van der Waals surface area contributed by atoms with E-state index in [0.29, 0.717) is 16.6 Å². The van der Waals surface area contributed by atoms with Gasteiger partial charge in [0.2, 0.25) is 0 Å². The van der Waals surface area contributed by atoms with Gasteiger partial charge in [0.1, 0.15) is 23.5 Å². The van der Waals surface area contributed by atoms with Crippen molar-refractivity contribution in [2.24, 2.45) is 5.41 Å². The van der Waals surface area contributed by atoms with Gasteiger partial charge in [-0.2, -0.15) is 0 Å². The van der Waals surface area contributed by atoms with E-state index in [1.54, 1.807) is 12.1 Å². The third-order valence-corrected chi connectivity index (χ3v) is 4.23. The quantitative estimate of drug-likeness (QED) is 0.850. The van der Waals surface area contributed by atoms with Crippen LogP contribution in [0.15, 0.2) is 22.7 Å². The van der Waals surface area contributed by atoms with E-state index in [1.165, 1.54) is 6.07 Å². The average molecular weight is 301 g/mol. The maximum absolute atomic E-state index is 13.1. The molecule has 2 nitrogen and oxygen atoms in total. The normalized spacial score (nSPS) is 27.8. The van der Waals surface area contributed by atoms with Gasteiger partial charge in [-0.25, -0.2) is 4.39 Å². The van der Waals surface area contributed by atoms with Gasteiger partial charge in [-0.15, -0.1) is 0 Å². The maximum Gasteiger partial charge on any atom is 0.146 e. The average Bonchev–Trinajstić information content (AvgIpc) is 2.32. The van der Waals surface area contributed by atoms with Crippen LogP contribution in [-0.2, 0) is 4.79 Å². The predicted octanol–water partition coefficient (Wildman–Crippen LogP) is 3.72. The van der Waals surface area contributed by atoms with Crippen LogP contribution < -0.4 is 4.74 Å². The lowest BCUT2D eigenvalue weighted by atomic mass is 9.64. The zero-order chi connectivity index (χ0) is 12.6. The number of rotatable bonds is 3. The van der Waals surface area contributed by atoms with Crippen LogP contribution in [0.1, 0.15) is 26.7 Å². The lowest BCUT2D eigenvalue weighted by Gasteiger charge is -2.44. The summed E-state index contributed by atoms with van der Waals surface area (Å²) < 4.78 is 19.2. The molecule has 0 spiro atoms. The van der Waals surface area contributed by atoms with E-state index in [0.717, 1.165) is 6.42 Å². The summed E-state index contributed by atoms with van der Waals surface area (Å²) in [5.74, 6) is 0.516. The molecule has 0 aromatic heterocycles. The molecule has 4 heteroatoms. The van der Waals surface area contributed by atoms with Gasteiger partial charge in [-0.05, 0) is 47.5 Å². The van der Waals surface area contributed by atoms with Gasteiger partial charge < -0.3 is 4.74 Å². The Hall–Kier alpha value is -0.900. The second kappa shape index (κ2) is 4.41.